The number of nitrogens with two attached hydrogens (primary N) is 1. The van der Waals surface area contributed by atoms with Crippen molar-refractivity contribution in [1.82, 2.24) is 0 Å². The SMILES string of the molecule is CC(F)(F)CC1CS(=O)(=O)CCC1N. The van der Waals surface area contributed by atoms with Crippen LogP contribution in [0.4, 0.5) is 8.78 Å². The minimum Gasteiger partial charge on any atom is -0.327 e. The van der Waals surface area contributed by atoms with Crippen molar-refractivity contribution in [2.45, 2.75) is 31.7 Å². The monoisotopic (exact) mass is 227 g/mol. The molecule has 0 amide bonds. The van der Waals surface area contributed by atoms with Gasteiger partial charge in [0.1, 0.15) is 0 Å². The Morgan fingerprint density at radius 3 is 2.57 bits per heavy atom. The first-order chi connectivity index (χ1) is 6.20. The Morgan fingerprint density at radius 1 is 1.50 bits per heavy atom. The van der Waals surface area contributed by atoms with Crippen LogP contribution in [0.1, 0.15) is 19.8 Å². The largest absolute Gasteiger partial charge is 0.327 e. The van der Waals surface area contributed by atoms with E-state index in [9.17, 15) is 17.2 Å². The minimum atomic E-state index is -3.15. The summed E-state index contributed by atoms with van der Waals surface area (Å²) in [5.74, 6) is -3.61. The van der Waals surface area contributed by atoms with Gasteiger partial charge in [-0.2, -0.15) is 0 Å². The third-order valence-corrected chi connectivity index (χ3v) is 4.25. The van der Waals surface area contributed by atoms with Crippen LogP contribution in [0.25, 0.3) is 0 Å². The summed E-state index contributed by atoms with van der Waals surface area (Å²) in [6.07, 6.45) is -0.142. The number of halogens is 2. The van der Waals surface area contributed by atoms with Crippen molar-refractivity contribution in [3.8, 4) is 0 Å². The highest BCUT2D eigenvalue weighted by molar-refractivity contribution is 7.91. The number of alkyl halides is 2. The summed E-state index contributed by atoms with van der Waals surface area (Å²) < 4.78 is 47.7. The molecular weight excluding hydrogens is 212 g/mol. The highest BCUT2D eigenvalue weighted by atomic mass is 32.2. The summed E-state index contributed by atoms with van der Waals surface area (Å²) in [4.78, 5) is 0. The molecule has 1 saturated heterocycles. The number of sulfone groups is 1. The van der Waals surface area contributed by atoms with Gasteiger partial charge in [-0.15, -0.1) is 0 Å². The molecule has 0 aromatic carbocycles. The normalized spacial score (nSPS) is 32.9. The predicted molar refractivity (Wildman–Crippen MR) is 50.0 cm³/mol. The number of rotatable bonds is 2. The summed E-state index contributed by atoms with van der Waals surface area (Å²) in [5.41, 5.74) is 5.61. The van der Waals surface area contributed by atoms with Crippen LogP contribution in [0, 0.1) is 5.92 Å². The molecule has 0 aromatic rings. The van der Waals surface area contributed by atoms with Crippen molar-refractivity contribution in [1.29, 1.82) is 0 Å². The van der Waals surface area contributed by atoms with Crippen molar-refractivity contribution >= 4 is 9.84 Å². The molecule has 2 unspecified atom stereocenters. The van der Waals surface area contributed by atoms with Crippen molar-refractivity contribution in [3.05, 3.63) is 0 Å². The summed E-state index contributed by atoms with van der Waals surface area (Å²) in [6, 6.07) is -0.413. The molecule has 3 nitrogen and oxygen atoms in total. The van der Waals surface area contributed by atoms with Crippen molar-refractivity contribution in [2.24, 2.45) is 11.7 Å². The van der Waals surface area contributed by atoms with Crippen LogP contribution >= 0.6 is 0 Å². The molecule has 1 aliphatic heterocycles. The predicted octanol–water partition coefficient (Wildman–Crippen LogP) is 0.794. The maximum atomic E-state index is 12.7. The molecule has 0 radical (unpaired) electrons. The molecule has 1 aliphatic rings. The molecule has 0 aromatic heterocycles. The van der Waals surface area contributed by atoms with E-state index < -0.39 is 34.1 Å². The van der Waals surface area contributed by atoms with Gasteiger partial charge in [-0.25, -0.2) is 17.2 Å². The van der Waals surface area contributed by atoms with Crippen molar-refractivity contribution in [2.75, 3.05) is 11.5 Å². The van der Waals surface area contributed by atoms with Gasteiger partial charge in [0.2, 0.25) is 5.92 Å². The van der Waals surface area contributed by atoms with Crippen LogP contribution in [0.2, 0.25) is 0 Å². The second kappa shape index (κ2) is 3.73. The fraction of sp³-hybridized carbons (Fsp3) is 1.00. The first kappa shape index (κ1) is 11.8. The average molecular weight is 227 g/mol. The smallest absolute Gasteiger partial charge is 0.245 e. The molecule has 1 heterocycles. The molecule has 0 saturated carbocycles. The van der Waals surface area contributed by atoms with Gasteiger partial charge >= 0.3 is 0 Å². The van der Waals surface area contributed by atoms with Gasteiger partial charge in [0.15, 0.2) is 9.84 Å². The molecule has 6 heteroatoms. The molecular formula is C8H15F2NO2S. The number of hydrogen-bond acceptors (Lipinski definition) is 3. The van der Waals surface area contributed by atoms with Crippen LogP contribution < -0.4 is 5.73 Å². The Kier molecular flexibility index (Phi) is 3.16. The fourth-order valence-corrected chi connectivity index (χ4v) is 3.57. The molecule has 0 bridgehead atoms. The lowest BCUT2D eigenvalue weighted by molar-refractivity contribution is -0.00459. The average Bonchev–Trinajstić information content (AvgIpc) is 1.93. The molecule has 2 atom stereocenters. The zero-order valence-corrected chi connectivity index (χ0v) is 8.86. The summed E-state index contributed by atoms with van der Waals surface area (Å²) in [7, 11) is -3.15. The Hall–Kier alpha value is -0.230. The second-order valence-corrected chi connectivity index (χ2v) is 6.33. The third-order valence-electron chi connectivity index (χ3n) is 2.46. The molecule has 0 aliphatic carbocycles. The van der Waals surface area contributed by atoms with Crippen LogP contribution in [0.5, 0.6) is 0 Å². The third kappa shape index (κ3) is 3.49. The summed E-state index contributed by atoms with van der Waals surface area (Å²) >= 11 is 0. The van der Waals surface area contributed by atoms with E-state index in [0.29, 0.717) is 6.42 Å². The molecule has 14 heavy (non-hydrogen) atoms. The Balaban J connectivity index is 2.67. The van der Waals surface area contributed by atoms with E-state index in [-0.39, 0.29) is 11.5 Å². The van der Waals surface area contributed by atoms with Crippen LogP contribution in [-0.2, 0) is 9.84 Å². The molecule has 84 valence electrons. The van der Waals surface area contributed by atoms with E-state index in [1.807, 2.05) is 0 Å². The van der Waals surface area contributed by atoms with Gasteiger partial charge in [0, 0.05) is 12.5 Å². The van der Waals surface area contributed by atoms with Crippen molar-refractivity contribution in [3.63, 3.8) is 0 Å². The Labute approximate surface area is 82.6 Å². The van der Waals surface area contributed by atoms with Gasteiger partial charge in [-0.3, -0.25) is 0 Å². The summed E-state index contributed by atoms with van der Waals surface area (Å²) in [6.45, 7) is 0.793. The molecule has 0 spiro atoms. The van der Waals surface area contributed by atoms with E-state index in [4.69, 9.17) is 5.73 Å². The van der Waals surface area contributed by atoms with E-state index in [2.05, 4.69) is 0 Å². The van der Waals surface area contributed by atoms with E-state index in [0.717, 1.165) is 6.92 Å². The standard InChI is InChI=1S/C8H15F2NO2S/c1-8(9,10)4-6-5-14(12,13)3-2-7(6)11/h6-7H,2-5,11H2,1H3. The highest BCUT2D eigenvalue weighted by Gasteiger charge is 2.36. The molecule has 1 rings (SSSR count). The van der Waals surface area contributed by atoms with E-state index in [1.54, 1.807) is 0 Å². The van der Waals surface area contributed by atoms with Crippen LogP contribution in [0.3, 0.4) is 0 Å². The van der Waals surface area contributed by atoms with Crippen LogP contribution in [-0.4, -0.2) is 31.9 Å². The second-order valence-electron chi connectivity index (χ2n) is 4.10. The van der Waals surface area contributed by atoms with Gasteiger partial charge in [-0.1, -0.05) is 0 Å². The topological polar surface area (TPSA) is 60.2 Å². The summed E-state index contributed by atoms with van der Waals surface area (Å²) in [5, 5.41) is 0. The van der Waals surface area contributed by atoms with E-state index >= 15 is 0 Å². The van der Waals surface area contributed by atoms with E-state index in [1.165, 1.54) is 0 Å². The maximum Gasteiger partial charge on any atom is 0.245 e. The first-order valence-corrected chi connectivity index (χ1v) is 6.35. The fourth-order valence-electron chi connectivity index (χ4n) is 1.76. The zero-order chi connectivity index (χ0) is 11.0. The van der Waals surface area contributed by atoms with Crippen molar-refractivity contribution < 1.29 is 17.2 Å². The van der Waals surface area contributed by atoms with Crippen LogP contribution in [0.15, 0.2) is 0 Å². The van der Waals surface area contributed by atoms with Gasteiger partial charge in [0.25, 0.3) is 0 Å². The molecule has 1 fully saturated rings. The van der Waals surface area contributed by atoms with Gasteiger partial charge in [-0.05, 0) is 19.3 Å². The zero-order valence-electron chi connectivity index (χ0n) is 8.04. The Bertz CT molecular complexity index is 297. The highest BCUT2D eigenvalue weighted by Crippen LogP contribution is 2.29. The maximum absolute atomic E-state index is 12.7. The lowest BCUT2D eigenvalue weighted by Crippen LogP contribution is -2.43. The minimum absolute atomic E-state index is 0.0277. The number of hydrogen-bond donors (Lipinski definition) is 1. The first-order valence-electron chi connectivity index (χ1n) is 4.53. The van der Waals surface area contributed by atoms with Gasteiger partial charge in [0.05, 0.1) is 11.5 Å². The quantitative estimate of drug-likeness (QED) is 0.758. The molecule has 2 N–H and O–H groups in total. The Morgan fingerprint density at radius 2 is 2.07 bits per heavy atom. The lowest BCUT2D eigenvalue weighted by Gasteiger charge is -2.30. The van der Waals surface area contributed by atoms with Gasteiger partial charge < -0.3 is 5.73 Å². The lowest BCUT2D eigenvalue weighted by atomic mass is 9.93.